The molecule has 0 atom stereocenters. The van der Waals surface area contributed by atoms with Crippen molar-refractivity contribution in [1.29, 1.82) is 0 Å². The topological polar surface area (TPSA) is 40.8 Å². The van der Waals surface area contributed by atoms with Crippen molar-refractivity contribution in [2.45, 2.75) is 19.4 Å². The Labute approximate surface area is 123 Å². The fraction of sp³-hybridized carbons (Fsp3) is 0.235. The van der Waals surface area contributed by atoms with Gasteiger partial charge in [-0.3, -0.25) is 4.40 Å². The van der Waals surface area contributed by atoms with Crippen molar-refractivity contribution in [1.82, 2.24) is 9.38 Å². The van der Waals surface area contributed by atoms with E-state index in [-0.39, 0.29) is 6.61 Å². The number of benzene rings is 1. The summed E-state index contributed by atoms with van der Waals surface area (Å²) in [6, 6.07) is 14.4. The average Bonchev–Trinajstić information content (AvgIpc) is 2.92. The van der Waals surface area contributed by atoms with Crippen LogP contribution in [0.1, 0.15) is 17.7 Å². The van der Waals surface area contributed by atoms with Gasteiger partial charge in [0.05, 0.1) is 12.3 Å². The Morgan fingerprint density at radius 2 is 1.95 bits per heavy atom. The van der Waals surface area contributed by atoms with Crippen LogP contribution in [0.5, 0.6) is 0 Å². The first-order valence-corrected chi connectivity index (χ1v) is 7.31. The molecule has 3 heterocycles. The van der Waals surface area contributed by atoms with E-state index in [0.717, 1.165) is 36.5 Å². The van der Waals surface area contributed by atoms with Gasteiger partial charge in [-0.15, -0.1) is 0 Å². The largest absolute Gasteiger partial charge is 0.390 e. The third-order valence-electron chi connectivity index (χ3n) is 4.12. The first-order valence-electron chi connectivity index (χ1n) is 7.31. The number of nitrogens with zero attached hydrogens (tertiary/aromatic N) is 3. The van der Waals surface area contributed by atoms with Gasteiger partial charge >= 0.3 is 0 Å². The van der Waals surface area contributed by atoms with Crippen molar-refractivity contribution >= 4 is 17.2 Å². The lowest BCUT2D eigenvalue weighted by Gasteiger charge is -2.30. The summed E-state index contributed by atoms with van der Waals surface area (Å²) < 4.78 is 1.96. The Bertz CT molecular complexity index is 794. The number of fused-ring (bicyclic) bond motifs is 2. The van der Waals surface area contributed by atoms with E-state index in [4.69, 9.17) is 4.98 Å². The predicted octanol–water partition coefficient (Wildman–Crippen LogP) is 2.91. The number of para-hydroxylation sites is 1. The van der Waals surface area contributed by atoms with E-state index < -0.39 is 0 Å². The maximum Gasteiger partial charge on any atom is 0.158 e. The molecular weight excluding hydrogens is 262 g/mol. The van der Waals surface area contributed by atoms with Crippen molar-refractivity contribution in [3.05, 3.63) is 59.9 Å². The van der Waals surface area contributed by atoms with E-state index >= 15 is 0 Å². The van der Waals surface area contributed by atoms with Gasteiger partial charge in [0.2, 0.25) is 0 Å². The van der Waals surface area contributed by atoms with Crippen LogP contribution in [0.4, 0.5) is 11.5 Å². The van der Waals surface area contributed by atoms with E-state index in [1.165, 1.54) is 11.3 Å². The van der Waals surface area contributed by atoms with Crippen molar-refractivity contribution in [2.75, 3.05) is 11.4 Å². The van der Waals surface area contributed by atoms with E-state index in [1.807, 2.05) is 28.8 Å². The van der Waals surface area contributed by atoms with E-state index in [2.05, 4.69) is 29.2 Å². The minimum Gasteiger partial charge on any atom is -0.390 e. The molecule has 0 saturated carbocycles. The Kier molecular flexibility index (Phi) is 2.89. The van der Waals surface area contributed by atoms with Crippen molar-refractivity contribution in [2.24, 2.45) is 0 Å². The number of hydrogen-bond acceptors (Lipinski definition) is 3. The van der Waals surface area contributed by atoms with Crippen LogP contribution in [0.15, 0.2) is 48.7 Å². The summed E-state index contributed by atoms with van der Waals surface area (Å²) in [7, 11) is 0. The number of pyridine rings is 1. The number of anilines is 2. The van der Waals surface area contributed by atoms with Crippen LogP contribution in [0.2, 0.25) is 0 Å². The van der Waals surface area contributed by atoms with Crippen LogP contribution in [0, 0.1) is 0 Å². The Balaban J connectivity index is 1.91. The van der Waals surface area contributed by atoms with Crippen LogP contribution in [-0.4, -0.2) is 21.0 Å². The maximum absolute atomic E-state index is 9.80. The SMILES string of the molecule is OCc1c(N2CCCc3ccccc32)nc2ccccn12. The molecule has 0 fully saturated rings. The standard InChI is InChI=1S/C17H17N3O/c21-12-15-17(18-16-9-3-4-10-19(15)16)20-11-5-7-13-6-1-2-8-14(13)20/h1-4,6,8-10,21H,5,7,11-12H2. The van der Waals surface area contributed by atoms with Crippen LogP contribution >= 0.6 is 0 Å². The molecular formula is C17H17N3O. The molecule has 4 nitrogen and oxygen atoms in total. The molecule has 0 aliphatic carbocycles. The summed E-state index contributed by atoms with van der Waals surface area (Å²) in [6.07, 6.45) is 4.16. The summed E-state index contributed by atoms with van der Waals surface area (Å²) >= 11 is 0. The molecule has 0 spiro atoms. The van der Waals surface area contributed by atoms with Crippen LogP contribution in [0.25, 0.3) is 5.65 Å². The molecule has 106 valence electrons. The second-order valence-corrected chi connectivity index (χ2v) is 5.35. The molecule has 1 aliphatic rings. The van der Waals surface area contributed by atoms with Crippen LogP contribution in [-0.2, 0) is 13.0 Å². The molecule has 0 saturated heterocycles. The van der Waals surface area contributed by atoms with Gasteiger partial charge in [0, 0.05) is 18.4 Å². The number of hydrogen-bond donors (Lipinski definition) is 1. The molecule has 21 heavy (non-hydrogen) atoms. The Morgan fingerprint density at radius 1 is 1.10 bits per heavy atom. The van der Waals surface area contributed by atoms with Gasteiger partial charge in [-0.2, -0.15) is 0 Å². The first-order chi connectivity index (χ1) is 10.4. The highest BCUT2D eigenvalue weighted by Crippen LogP contribution is 2.34. The zero-order valence-corrected chi connectivity index (χ0v) is 11.7. The number of aliphatic hydroxyl groups excluding tert-OH is 1. The quantitative estimate of drug-likeness (QED) is 0.784. The van der Waals surface area contributed by atoms with Gasteiger partial charge in [-0.05, 0) is 36.6 Å². The first kappa shape index (κ1) is 12.4. The molecule has 0 unspecified atom stereocenters. The molecule has 0 bridgehead atoms. The van der Waals surface area contributed by atoms with E-state index in [0.29, 0.717) is 0 Å². The summed E-state index contributed by atoms with van der Waals surface area (Å²) in [4.78, 5) is 6.97. The lowest BCUT2D eigenvalue weighted by molar-refractivity contribution is 0.276. The zero-order valence-electron chi connectivity index (χ0n) is 11.7. The highest BCUT2D eigenvalue weighted by molar-refractivity contribution is 5.69. The fourth-order valence-corrected chi connectivity index (χ4v) is 3.15. The third-order valence-corrected chi connectivity index (χ3v) is 4.12. The summed E-state index contributed by atoms with van der Waals surface area (Å²) in [5.74, 6) is 0.871. The van der Waals surface area contributed by atoms with Crippen molar-refractivity contribution in [3.8, 4) is 0 Å². The number of aromatic nitrogens is 2. The molecule has 1 aromatic carbocycles. The number of aliphatic hydroxyl groups is 1. The Morgan fingerprint density at radius 3 is 2.86 bits per heavy atom. The average molecular weight is 279 g/mol. The van der Waals surface area contributed by atoms with Gasteiger partial charge in [0.1, 0.15) is 5.65 Å². The van der Waals surface area contributed by atoms with E-state index in [1.54, 1.807) is 0 Å². The van der Waals surface area contributed by atoms with Crippen molar-refractivity contribution in [3.63, 3.8) is 0 Å². The van der Waals surface area contributed by atoms with Crippen LogP contribution < -0.4 is 4.90 Å². The lowest BCUT2D eigenvalue weighted by Crippen LogP contribution is -2.25. The van der Waals surface area contributed by atoms with E-state index in [9.17, 15) is 5.11 Å². The maximum atomic E-state index is 9.80. The molecule has 4 heteroatoms. The summed E-state index contributed by atoms with van der Waals surface area (Å²) in [5, 5.41) is 9.80. The van der Waals surface area contributed by atoms with Crippen LogP contribution in [0.3, 0.4) is 0 Å². The molecule has 1 N–H and O–H groups in total. The lowest BCUT2D eigenvalue weighted by atomic mass is 10.0. The molecule has 2 aromatic heterocycles. The highest BCUT2D eigenvalue weighted by Gasteiger charge is 2.23. The second kappa shape index (κ2) is 4.90. The minimum absolute atomic E-state index is 0.0147. The molecule has 4 rings (SSSR count). The number of aryl methyl sites for hydroxylation is 1. The minimum atomic E-state index is -0.0147. The second-order valence-electron chi connectivity index (χ2n) is 5.35. The monoisotopic (exact) mass is 279 g/mol. The normalized spacial score (nSPS) is 14.4. The van der Waals surface area contributed by atoms with Gasteiger partial charge in [-0.1, -0.05) is 24.3 Å². The number of rotatable bonds is 2. The predicted molar refractivity (Wildman–Crippen MR) is 82.9 cm³/mol. The van der Waals surface area contributed by atoms with Gasteiger partial charge in [0.25, 0.3) is 0 Å². The zero-order chi connectivity index (χ0) is 14.2. The number of imidazole rings is 1. The molecule has 0 amide bonds. The molecule has 0 radical (unpaired) electrons. The van der Waals surface area contributed by atoms with Gasteiger partial charge in [-0.25, -0.2) is 4.98 Å². The molecule has 1 aliphatic heterocycles. The fourth-order valence-electron chi connectivity index (χ4n) is 3.15. The smallest absolute Gasteiger partial charge is 0.158 e. The summed E-state index contributed by atoms with van der Waals surface area (Å²) in [6.45, 7) is 0.924. The van der Waals surface area contributed by atoms with Gasteiger partial charge in [0.15, 0.2) is 5.82 Å². The third kappa shape index (κ3) is 1.91. The Hall–Kier alpha value is -2.33. The highest BCUT2D eigenvalue weighted by atomic mass is 16.3. The summed E-state index contributed by atoms with van der Waals surface area (Å²) in [5.41, 5.74) is 4.29. The van der Waals surface area contributed by atoms with Crippen molar-refractivity contribution < 1.29 is 5.11 Å². The van der Waals surface area contributed by atoms with Gasteiger partial charge < -0.3 is 10.0 Å². The molecule has 3 aromatic rings.